The summed E-state index contributed by atoms with van der Waals surface area (Å²) in [5, 5.41) is 0. The van der Waals surface area contributed by atoms with Gasteiger partial charge in [0.25, 0.3) is 0 Å². The fourth-order valence-corrected chi connectivity index (χ4v) is 5.09. The number of esters is 1. The van der Waals surface area contributed by atoms with Crippen LogP contribution in [0.3, 0.4) is 0 Å². The van der Waals surface area contributed by atoms with Gasteiger partial charge >= 0.3 is 5.97 Å². The Balaban J connectivity index is 3.83. The Morgan fingerprint density at radius 1 is 1.41 bits per heavy atom. The SMILES string of the molecule is C=CC(=O)OCCC[SiH](CCC)C(C)OCC. The molecule has 0 aromatic heterocycles. The molecule has 0 aliphatic rings. The van der Waals surface area contributed by atoms with Crippen LogP contribution >= 0.6 is 0 Å². The molecule has 0 aromatic carbocycles. The lowest BCUT2D eigenvalue weighted by Crippen LogP contribution is -2.31. The van der Waals surface area contributed by atoms with Crippen LogP contribution in [0.5, 0.6) is 0 Å². The van der Waals surface area contributed by atoms with Gasteiger partial charge in [0.1, 0.15) is 0 Å². The monoisotopic (exact) mass is 258 g/mol. The van der Waals surface area contributed by atoms with Gasteiger partial charge in [0.2, 0.25) is 0 Å². The largest absolute Gasteiger partial charge is 0.463 e. The van der Waals surface area contributed by atoms with Gasteiger partial charge in [0.15, 0.2) is 0 Å². The quantitative estimate of drug-likeness (QED) is 0.261. The molecule has 17 heavy (non-hydrogen) atoms. The Kier molecular flexibility index (Phi) is 10.2. The van der Waals surface area contributed by atoms with E-state index < -0.39 is 8.80 Å². The zero-order valence-corrected chi connectivity index (χ0v) is 12.6. The van der Waals surface area contributed by atoms with Crippen molar-refractivity contribution in [1.29, 1.82) is 0 Å². The van der Waals surface area contributed by atoms with Gasteiger partial charge < -0.3 is 9.47 Å². The van der Waals surface area contributed by atoms with Crippen LogP contribution in [0.25, 0.3) is 0 Å². The van der Waals surface area contributed by atoms with Gasteiger partial charge in [0.05, 0.1) is 15.4 Å². The van der Waals surface area contributed by atoms with Gasteiger partial charge in [-0.15, -0.1) is 0 Å². The van der Waals surface area contributed by atoms with Crippen LogP contribution in [0, 0.1) is 0 Å². The average Bonchev–Trinajstić information content (AvgIpc) is 2.32. The summed E-state index contributed by atoms with van der Waals surface area (Å²) in [4.78, 5) is 10.9. The number of ether oxygens (including phenoxy) is 2. The van der Waals surface area contributed by atoms with Crippen LogP contribution in [0.15, 0.2) is 12.7 Å². The molecule has 0 aliphatic carbocycles. The number of carbonyl (C=O) groups is 1. The number of rotatable bonds is 10. The van der Waals surface area contributed by atoms with Gasteiger partial charge in [-0.05, 0) is 20.3 Å². The minimum absolute atomic E-state index is 0.323. The van der Waals surface area contributed by atoms with Gasteiger partial charge in [-0.1, -0.05) is 32.0 Å². The highest BCUT2D eigenvalue weighted by Gasteiger charge is 2.18. The Bertz CT molecular complexity index is 219. The van der Waals surface area contributed by atoms with Crippen LogP contribution in [0.4, 0.5) is 0 Å². The molecule has 0 aromatic rings. The second-order valence-corrected chi connectivity index (χ2v) is 7.84. The van der Waals surface area contributed by atoms with Gasteiger partial charge in [-0.3, -0.25) is 0 Å². The van der Waals surface area contributed by atoms with E-state index in [0.29, 0.717) is 12.3 Å². The maximum Gasteiger partial charge on any atom is 0.330 e. The van der Waals surface area contributed by atoms with Crippen molar-refractivity contribution in [3.05, 3.63) is 12.7 Å². The second kappa shape index (κ2) is 10.5. The van der Waals surface area contributed by atoms with Crippen LogP contribution in [0.1, 0.15) is 33.6 Å². The molecule has 0 rings (SSSR count). The third-order valence-electron chi connectivity index (χ3n) is 2.88. The summed E-state index contributed by atoms with van der Waals surface area (Å²) < 4.78 is 10.7. The lowest BCUT2D eigenvalue weighted by molar-refractivity contribution is -0.137. The van der Waals surface area contributed by atoms with E-state index in [1.54, 1.807) is 0 Å². The van der Waals surface area contributed by atoms with Crippen LogP contribution in [0.2, 0.25) is 12.1 Å². The molecular formula is C13H26O3Si. The molecule has 0 aliphatic heterocycles. The minimum Gasteiger partial charge on any atom is -0.463 e. The van der Waals surface area contributed by atoms with E-state index in [4.69, 9.17) is 9.47 Å². The molecule has 0 spiro atoms. The predicted octanol–water partition coefficient (Wildman–Crippen LogP) is 2.71. The maximum atomic E-state index is 10.9. The fraction of sp³-hybridized carbons (Fsp3) is 0.769. The lowest BCUT2D eigenvalue weighted by atomic mass is 10.5. The van der Waals surface area contributed by atoms with Crippen LogP contribution in [-0.4, -0.2) is 33.7 Å². The van der Waals surface area contributed by atoms with Gasteiger partial charge in [0, 0.05) is 18.4 Å². The molecule has 0 saturated heterocycles. The summed E-state index contributed by atoms with van der Waals surface area (Å²) in [6, 6.07) is 2.48. The standard InChI is InChI=1S/C13H26O3Si/c1-5-10-17(12(4)15-7-3)11-8-9-16-13(14)6-2/h6,12,17H,2,5,7-11H2,1,3-4H3. The molecular weight excluding hydrogens is 232 g/mol. The minimum atomic E-state index is -0.857. The summed E-state index contributed by atoms with van der Waals surface area (Å²) in [7, 11) is -0.857. The normalized spacial score (nSPS) is 14.1. The smallest absolute Gasteiger partial charge is 0.330 e. The van der Waals surface area contributed by atoms with E-state index in [1.807, 2.05) is 6.92 Å². The van der Waals surface area contributed by atoms with Crippen molar-refractivity contribution >= 4 is 14.8 Å². The molecule has 0 bridgehead atoms. The highest BCUT2D eigenvalue weighted by Crippen LogP contribution is 2.13. The number of carbonyl (C=O) groups excluding carboxylic acids is 1. The van der Waals surface area contributed by atoms with Crippen molar-refractivity contribution in [1.82, 2.24) is 0 Å². The second-order valence-electron chi connectivity index (χ2n) is 4.22. The first kappa shape index (κ1) is 16.4. The third kappa shape index (κ3) is 8.16. The maximum absolute atomic E-state index is 10.9. The topological polar surface area (TPSA) is 35.5 Å². The molecule has 0 N–H and O–H groups in total. The molecule has 0 radical (unpaired) electrons. The molecule has 3 nitrogen and oxygen atoms in total. The summed E-state index contributed by atoms with van der Waals surface area (Å²) in [6.45, 7) is 11.1. The Labute approximate surface area is 107 Å². The van der Waals surface area contributed by atoms with Crippen molar-refractivity contribution in [3.63, 3.8) is 0 Å². The van der Waals surface area contributed by atoms with Crippen molar-refractivity contribution in [2.45, 2.75) is 51.4 Å². The number of hydrogen-bond donors (Lipinski definition) is 0. The van der Waals surface area contributed by atoms with Gasteiger partial charge in [-0.2, -0.15) is 0 Å². The van der Waals surface area contributed by atoms with Gasteiger partial charge in [-0.25, -0.2) is 4.79 Å². The third-order valence-corrected chi connectivity index (χ3v) is 6.87. The summed E-state index contributed by atoms with van der Waals surface area (Å²) in [5.41, 5.74) is 0.426. The van der Waals surface area contributed by atoms with E-state index in [0.717, 1.165) is 13.0 Å². The molecule has 100 valence electrons. The first-order chi connectivity index (χ1) is 8.15. The highest BCUT2D eigenvalue weighted by molar-refractivity contribution is 6.60. The fourth-order valence-electron chi connectivity index (χ4n) is 1.96. The predicted molar refractivity (Wildman–Crippen MR) is 73.9 cm³/mol. The molecule has 4 heteroatoms. The molecule has 2 atom stereocenters. The van der Waals surface area contributed by atoms with E-state index >= 15 is 0 Å². The van der Waals surface area contributed by atoms with E-state index in [9.17, 15) is 4.79 Å². The van der Waals surface area contributed by atoms with E-state index in [2.05, 4.69) is 20.4 Å². The Morgan fingerprint density at radius 2 is 2.12 bits per heavy atom. The first-order valence-corrected chi connectivity index (χ1v) is 8.86. The molecule has 0 saturated carbocycles. The molecule has 0 fully saturated rings. The zero-order chi connectivity index (χ0) is 13.1. The first-order valence-electron chi connectivity index (χ1n) is 6.56. The summed E-state index contributed by atoms with van der Waals surface area (Å²) in [5.74, 6) is -0.323. The molecule has 0 heterocycles. The average molecular weight is 258 g/mol. The van der Waals surface area contributed by atoms with E-state index in [1.165, 1.54) is 24.6 Å². The van der Waals surface area contributed by atoms with Crippen molar-refractivity contribution in [3.8, 4) is 0 Å². The summed E-state index contributed by atoms with van der Waals surface area (Å²) >= 11 is 0. The highest BCUT2D eigenvalue weighted by atomic mass is 28.3. The van der Waals surface area contributed by atoms with Crippen LogP contribution in [-0.2, 0) is 14.3 Å². The van der Waals surface area contributed by atoms with Crippen LogP contribution < -0.4 is 0 Å². The zero-order valence-electron chi connectivity index (χ0n) is 11.4. The van der Waals surface area contributed by atoms with Crippen molar-refractivity contribution in [2.24, 2.45) is 0 Å². The lowest BCUT2D eigenvalue weighted by Gasteiger charge is -2.22. The Hall–Kier alpha value is -0.613. The number of hydrogen-bond acceptors (Lipinski definition) is 3. The van der Waals surface area contributed by atoms with Crippen molar-refractivity contribution in [2.75, 3.05) is 13.2 Å². The molecule has 2 unspecified atom stereocenters. The van der Waals surface area contributed by atoms with Crippen molar-refractivity contribution < 1.29 is 14.3 Å². The molecule has 0 amide bonds. The Morgan fingerprint density at radius 3 is 2.65 bits per heavy atom. The summed E-state index contributed by atoms with van der Waals surface area (Å²) in [6.07, 6.45) is 3.39. The van der Waals surface area contributed by atoms with E-state index in [-0.39, 0.29) is 5.97 Å².